The summed E-state index contributed by atoms with van der Waals surface area (Å²) in [5.74, 6) is -0.249. The molecule has 2 aromatic carbocycles. The van der Waals surface area contributed by atoms with Crippen LogP contribution in [0.25, 0.3) is 0 Å². The maximum absolute atomic E-state index is 14.1. The zero-order valence-corrected chi connectivity index (χ0v) is 32.0. The van der Waals surface area contributed by atoms with Gasteiger partial charge in [0.1, 0.15) is 11.8 Å². The number of amides is 3. The van der Waals surface area contributed by atoms with Crippen molar-refractivity contribution in [1.82, 2.24) is 24.4 Å². The highest BCUT2D eigenvalue weighted by Gasteiger charge is 2.40. The number of aliphatic hydroxyl groups excluding tert-OH is 1. The summed E-state index contributed by atoms with van der Waals surface area (Å²) in [5, 5.41) is 17.0. The molecular weight excluding hydrogens is 691 g/mol. The van der Waals surface area contributed by atoms with Crippen LogP contribution in [0.15, 0.2) is 64.9 Å². The number of aromatic nitrogens is 1. The maximum Gasteiger partial charge on any atom is 0.321 e. The van der Waals surface area contributed by atoms with E-state index in [1.54, 1.807) is 27.3 Å². The molecule has 0 saturated carbocycles. The average Bonchev–Trinajstić information content (AvgIpc) is 3.71. The first kappa shape index (κ1) is 39.9. The predicted molar refractivity (Wildman–Crippen MR) is 197 cm³/mol. The molecule has 2 heterocycles. The average molecular weight is 742 g/mol. The van der Waals surface area contributed by atoms with Crippen LogP contribution in [0.2, 0.25) is 0 Å². The van der Waals surface area contributed by atoms with Gasteiger partial charge in [0, 0.05) is 38.0 Å². The van der Waals surface area contributed by atoms with Crippen LogP contribution in [0.4, 0.5) is 4.79 Å². The second-order valence-electron chi connectivity index (χ2n) is 13.7. The number of sulfonamides is 1. The molecular formula is C37H51N5O7S2. The van der Waals surface area contributed by atoms with Crippen molar-refractivity contribution in [2.45, 2.75) is 83.5 Å². The van der Waals surface area contributed by atoms with Gasteiger partial charge in [-0.05, 0) is 54.5 Å². The number of benzene rings is 2. The Balaban J connectivity index is 1.54. The van der Waals surface area contributed by atoms with Crippen molar-refractivity contribution < 1.29 is 32.6 Å². The van der Waals surface area contributed by atoms with Gasteiger partial charge in [0.05, 0.1) is 36.4 Å². The molecule has 0 radical (unpaired) electrons. The molecule has 3 aromatic rings. The quantitative estimate of drug-likeness (QED) is 0.166. The molecule has 0 bridgehead atoms. The summed E-state index contributed by atoms with van der Waals surface area (Å²) in [6.45, 7) is 10.3. The van der Waals surface area contributed by atoms with Crippen LogP contribution >= 0.6 is 11.3 Å². The fraction of sp³-hybridized carbons (Fsp3) is 0.514. The first-order valence-electron chi connectivity index (χ1n) is 17.4. The van der Waals surface area contributed by atoms with Crippen LogP contribution in [-0.2, 0) is 27.8 Å². The van der Waals surface area contributed by atoms with Crippen molar-refractivity contribution in [3.05, 3.63) is 76.2 Å². The minimum atomic E-state index is -4.02. The van der Waals surface area contributed by atoms with Gasteiger partial charge in [-0.25, -0.2) is 18.2 Å². The second-order valence-corrected chi connectivity index (χ2v) is 16.5. The summed E-state index contributed by atoms with van der Waals surface area (Å²) in [6, 6.07) is 13.4. The summed E-state index contributed by atoms with van der Waals surface area (Å²) in [7, 11) is -2.51. The Morgan fingerprint density at radius 1 is 1.04 bits per heavy atom. The van der Waals surface area contributed by atoms with Crippen LogP contribution in [0.3, 0.4) is 0 Å². The van der Waals surface area contributed by atoms with Crippen molar-refractivity contribution in [1.29, 1.82) is 0 Å². The number of thiazole rings is 1. The molecule has 3 amide bonds. The van der Waals surface area contributed by atoms with E-state index in [1.807, 2.05) is 65.0 Å². The Morgan fingerprint density at radius 3 is 2.33 bits per heavy atom. The Bertz CT molecular complexity index is 1710. The Kier molecular flexibility index (Phi) is 14.1. The standard InChI is InChI=1S/C37H51N5O7S2/c1-7-11-32(43)36-38-28(24-50-36)22-40-18-19-42(37(40)46)34(26(4)5)35(45)39-31(20-27-12-9-8-10-13-27)33(44)23-41(21-25(2)3)51(47,48)30-16-14-29(49-6)15-17-30/h8-10,12-17,24-26,31,33-34,44H,7,11,18-23H2,1-6H3,(H,39,45)/t31-,33+,34?/m0/s1. The van der Waals surface area contributed by atoms with E-state index in [2.05, 4.69) is 10.3 Å². The number of methoxy groups -OCH3 is 1. The highest BCUT2D eigenvalue weighted by atomic mass is 32.2. The summed E-state index contributed by atoms with van der Waals surface area (Å²) < 4.78 is 34.2. The van der Waals surface area contributed by atoms with Crippen molar-refractivity contribution in [2.75, 3.05) is 33.3 Å². The lowest BCUT2D eigenvalue weighted by atomic mass is 9.97. The van der Waals surface area contributed by atoms with Gasteiger partial charge in [-0.15, -0.1) is 11.3 Å². The van der Waals surface area contributed by atoms with E-state index in [4.69, 9.17) is 4.74 Å². The third-order valence-electron chi connectivity index (χ3n) is 8.73. The van der Waals surface area contributed by atoms with Gasteiger partial charge in [-0.2, -0.15) is 4.31 Å². The fourth-order valence-electron chi connectivity index (χ4n) is 6.18. The normalized spacial score (nSPS) is 15.5. The predicted octanol–water partition coefficient (Wildman–Crippen LogP) is 4.83. The van der Waals surface area contributed by atoms with Gasteiger partial charge in [-0.3, -0.25) is 9.59 Å². The largest absolute Gasteiger partial charge is 0.497 e. The number of nitrogens with zero attached hydrogens (tertiary/aromatic N) is 4. The molecule has 12 nitrogen and oxygen atoms in total. The van der Waals surface area contributed by atoms with Crippen molar-refractivity contribution >= 4 is 39.1 Å². The number of aliphatic hydroxyl groups is 1. The number of hydrogen-bond donors (Lipinski definition) is 2. The number of Topliss-reactive ketones (excluding diaryl/α,β-unsaturated/α-hetero) is 1. The first-order valence-corrected chi connectivity index (χ1v) is 19.8. The third kappa shape index (κ3) is 10.4. The lowest BCUT2D eigenvalue weighted by molar-refractivity contribution is -0.128. The smallest absolute Gasteiger partial charge is 0.321 e. The Morgan fingerprint density at radius 2 is 1.73 bits per heavy atom. The number of carbonyl (C=O) groups is 3. The number of hydrogen-bond acceptors (Lipinski definition) is 9. The van der Waals surface area contributed by atoms with Gasteiger partial charge in [0.15, 0.2) is 10.8 Å². The van der Waals surface area contributed by atoms with E-state index in [0.717, 1.165) is 12.0 Å². The Hall–Kier alpha value is -3.85. The zero-order valence-electron chi connectivity index (χ0n) is 30.3. The molecule has 0 aliphatic carbocycles. The zero-order chi connectivity index (χ0) is 37.3. The number of ketones is 1. The molecule has 1 aromatic heterocycles. The van der Waals surface area contributed by atoms with Gasteiger partial charge >= 0.3 is 6.03 Å². The van der Waals surface area contributed by atoms with Crippen LogP contribution in [0.5, 0.6) is 5.75 Å². The SMILES string of the molecule is CCCC(=O)c1nc(CN2CCN(C(C(=O)N[C@@H](Cc3ccccc3)[C@H](O)CN(CC(C)C)S(=O)(=O)c3ccc(OC)cc3)C(C)C)C2=O)cs1. The maximum atomic E-state index is 14.1. The van der Waals surface area contributed by atoms with E-state index in [-0.39, 0.29) is 54.6 Å². The molecule has 51 heavy (non-hydrogen) atoms. The molecule has 4 rings (SSSR count). The summed E-state index contributed by atoms with van der Waals surface area (Å²) in [4.78, 5) is 47.8. The summed E-state index contributed by atoms with van der Waals surface area (Å²) >= 11 is 1.27. The summed E-state index contributed by atoms with van der Waals surface area (Å²) in [5.41, 5.74) is 1.47. The van der Waals surface area contributed by atoms with E-state index in [1.165, 1.54) is 34.9 Å². The highest BCUT2D eigenvalue weighted by Crippen LogP contribution is 2.24. The van der Waals surface area contributed by atoms with E-state index >= 15 is 0 Å². The molecule has 1 unspecified atom stereocenters. The number of carbonyl (C=O) groups excluding carboxylic acids is 3. The first-order chi connectivity index (χ1) is 24.2. The van der Waals surface area contributed by atoms with Gasteiger partial charge in [0.25, 0.3) is 0 Å². The van der Waals surface area contributed by atoms with Gasteiger partial charge < -0.3 is 25.0 Å². The third-order valence-corrected chi connectivity index (χ3v) is 11.5. The monoisotopic (exact) mass is 741 g/mol. The number of nitrogens with one attached hydrogen (secondary N) is 1. The van der Waals surface area contributed by atoms with Gasteiger partial charge in [-0.1, -0.05) is 65.0 Å². The minimum Gasteiger partial charge on any atom is -0.497 e. The molecule has 2 N–H and O–H groups in total. The van der Waals surface area contributed by atoms with Crippen LogP contribution in [0, 0.1) is 11.8 Å². The number of rotatable bonds is 19. The highest BCUT2D eigenvalue weighted by molar-refractivity contribution is 7.89. The van der Waals surface area contributed by atoms with Crippen LogP contribution in [0.1, 0.15) is 68.5 Å². The molecule has 1 fully saturated rings. The number of urea groups is 1. The second kappa shape index (κ2) is 18.1. The Labute approximate surface area is 305 Å². The summed E-state index contributed by atoms with van der Waals surface area (Å²) in [6.07, 6.45) is 0.102. The molecule has 1 saturated heterocycles. The lowest BCUT2D eigenvalue weighted by Gasteiger charge is -2.34. The van der Waals surface area contributed by atoms with Crippen molar-refractivity contribution in [3.8, 4) is 5.75 Å². The number of ether oxygens (including phenoxy) is 1. The molecule has 3 atom stereocenters. The van der Waals surface area contributed by atoms with E-state index < -0.39 is 34.1 Å². The van der Waals surface area contributed by atoms with E-state index in [9.17, 15) is 27.9 Å². The molecule has 278 valence electrons. The van der Waals surface area contributed by atoms with Crippen molar-refractivity contribution in [3.63, 3.8) is 0 Å². The molecule has 14 heteroatoms. The van der Waals surface area contributed by atoms with E-state index in [0.29, 0.717) is 36.0 Å². The molecule has 1 aliphatic heterocycles. The molecule has 0 spiro atoms. The van der Waals surface area contributed by atoms with Crippen molar-refractivity contribution in [2.24, 2.45) is 11.8 Å². The fourth-order valence-corrected chi connectivity index (χ4v) is 8.58. The van der Waals surface area contributed by atoms with Crippen LogP contribution in [-0.4, -0.2) is 102 Å². The van der Waals surface area contributed by atoms with Gasteiger partial charge in [0.2, 0.25) is 15.9 Å². The topological polar surface area (TPSA) is 149 Å². The molecule has 1 aliphatic rings. The minimum absolute atomic E-state index is 0.0161. The lowest BCUT2D eigenvalue weighted by Crippen LogP contribution is -2.57. The van der Waals surface area contributed by atoms with Crippen LogP contribution < -0.4 is 10.1 Å².